The van der Waals surface area contributed by atoms with Crippen LogP contribution in [-0.2, 0) is 16.0 Å². The summed E-state index contributed by atoms with van der Waals surface area (Å²) < 4.78 is 5.36. The lowest BCUT2D eigenvalue weighted by molar-refractivity contribution is -0.139. The van der Waals surface area contributed by atoms with Crippen molar-refractivity contribution >= 4 is 11.9 Å². The molecule has 2 rings (SSSR count). The van der Waals surface area contributed by atoms with Crippen LogP contribution in [0, 0.1) is 0 Å². The van der Waals surface area contributed by atoms with Gasteiger partial charge in [0.25, 0.3) is 0 Å². The highest BCUT2D eigenvalue weighted by Crippen LogP contribution is 2.31. The number of benzene rings is 2. The van der Waals surface area contributed by atoms with Gasteiger partial charge >= 0.3 is 11.9 Å². The van der Waals surface area contributed by atoms with Gasteiger partial charge in [0.15, 0.2) is 6.61 Å². The molecule has 5 heteroatoms. The molecule has 2 aromatic carbocycles. The topological polar surface area (TPSA) is 83.8 Å². The van der Waals surface area contributed by atoms with Crippen molar-refractivity contribution in [3.8, 4) is 16.9 Å². The fraction of sp³-hybridized carbons (Fsp3) is 0.222. The molecule has 0 aliphatic rings. The molecular weight excluding hydrogens is 296 g/mol. The number of carboxylic acid groups (broad SMARTS) is 2. The summed E-state index contributed by atoms with van der Waals surface area (Å²) in [6.45, 7) is -0.405. The zero-order valence-electron chi connectivity index (χ0n) is 12.6. The van der Waals surface area contributed by atoms with Crippen LogP contribution in [0.15, 0.2) is 48.5 Å². The van der Waals surface area contributed by atoms with Crippen molar-refractivity contribution in [3.63, 3.8) is 0 Å². The van der Waals surface area contributed by atoms with Gasteiger partial charge in [-0.3, -0.25) is 4.79 Å². The molecule has 5 nitrogen and oxygen atoms in total. The molecule has 0 spiro atoms. The van der Waals surface area contributed by atoms with Gasteiger partial charge in [0.2, 0.25) is 0 Å². The molecule has 0 amide bonds. The van der Waals surface area contributed by atoms with Crippen molar-refractivity contribution in [2.24, 2.45) is 0 Å². The Morgan fingerprint density at radius 3 is 2.35 bits per heavy atom. The van der Waals surface area contributed by atoms with E-state index in [9.17, 15) is 9.59 Å². The minimum Gasteiger partial charge on any atom is -0.481 e. The molecule has 0 atom stereocenters. The molecule has 0 fully saturated rings. The SMILES string of the molecule is O=C(O)CCCc1ccc(OCC(=O)O)c(-c2ccccc2)c1. The van der Waals surface area contributed by atoms with E-state index in [1.165, 1.54) is 0 Å². The average molecular weight is 314 g/mol. The number of hydrogen-bond donors (Lipinski definition) is 2. The van der Waals surface area contributed by atoms with E-state index in [4.69, 9.17) is 14.9 Å². The number of aliphatic carboxylic acids is 2. The molecular formula is C18H18O5. The maximum Gasteiger partial charge on any atom is 0.341 e. The zero-order chi connectivity index (χ0) is 16.7. The van der Waals surface area contributed by atoms with Crippen LogP contribution in [0.5, 0.6) is 5.75 Å². The van der Waals surface area contributed by atoms with Crippen molar-refractivity contribution in [2.75, 3.05) is 6.61 Å². The van der Waals surface area contributed by atoms with Gasteiger partial charge in [0, 0.05) is 12.0 Å². The summed E-state index contributed by atoms with van der Waals surface area (Å²) in [5, 5.41) is 17.5. The van der Waals surface area contributed by atoms with Crippen LogP contribution in [0.4, 0.5) is 0 Å². The summed E-state index contributed by atoms with van der Waals surface area (Å²) in [5.74, 6) is -1.34. The molecule has 0 aliphatic heterocycles. The molecule has 0 saturated carbocycles. The monoisotopic (exact) mass is 314 g/mol. The Morgan fingerprint density at radius 2 is 1.70 bits per heavy atom. The van der Waals surface area contributed by atoms with Crippen molar-refractivity contribution < 1.29 is 24.5 Å². The summed E-state index contributed by atoms with van der Waals surface area (Å²) in [6.07, 6.45) is 1.32. The molecule has 0 heterocycles. The van der Waals surface area contributed by atoms with Crippen molar-refractivity contribution in [1.82, 2.24) is 0 Å². The van der Waals surface area contributed by atoms with Gasteiger partial charge in [-0.2, -0.15) is 0 Å². The van der Waals surface area contributed by atoms with Gasteiger partial charge in [-0.15, -0.1) is 0 Å². The Balaban J connectivity index is 2.25. The number of rotatable bonds is 8. The van der Waals surface area contributed by atoms with Gasteiger partial charge in [-0.1, -0.05) is 36.4 Å². The standard InChI is InChI=1S/C18H18O5/c19-17(20)8-4-5-13-9-10-16(23-12-18(21)22)15(11-13)14-6-2-1-3-7-14/h1-3,6-7,9-11H,4-5,8,12H2,(H,19,20)(H,21,22). The van der Waals surface area contributed by atoms with Crippen LogP contribution >= 0.6 is 0 Å². The predicted molar refractivity (Wildman–Crippen MR) is 85.6 cm³/mol. The van der Waals surface area contributed by atoms with Crippen LogP contribution in [-0.4, -0.2) is 28.8 Å². The molecule has 0 aliphatic carbocycles. The fourth-order valence-corrected chi connectivity index (χ4v) is 2.29. The smallest absolute Gasteiger partial charge is 0.341 e. The van der Waals surface area contributed by atoms with E-state index >= 15 is 0 Å². The lowest BCUT2D eigenvalue weighted by Crippen LogP contribution is -2.10. The van der Waals surface area contributed by atoms with E-state index in [1.54, 1.807) is 6.07 Å². The van der Waals surface area contributed by atoms with E-state index in [1.807, 2.05) is 42.5 Å². The second-order valence-corrected chi connectivity index (χ2v) is 5.13. The highest BCUT2D eigenvalue weighted by atomic mass is 16.5. The third-order valence-corrected chi connectivity index (χ3v) is 3.34. The first-order chi connectivity index (χ1) is 11.1. The number of carboxylic acids is 2. The Labute approximate surface area is 134 Å². The molecule has 0 radical (unpaired) electrons. The summed E-state index contributed by atoms with van der Waals surface area (Å²) in [5.41, 5.74) is 2.72. The number of carbonyl (C=O) groups is 2. The Hall–Kier alpha value is -2.82. The van der Waals surface area contributed by atoms with Gasteiger partial charge in [-0.25, -0.2) is 4.79 Å². The first-order valence-corrected chi connectivity index (χ1v) is 7.31. The van der Waals surface area contributed by atoms with Crippen molar-refractivity contribution in [1.29, 1.82) is 0 Å². The molecule has 0 unspecified atom stereocenters. The van der Waals surface area contributed by atoms with Gasteiger partial charge in [0.05, 0.1) is 0 Å². The lowest BCUT2D eigenvalue weighted by Gasteiger charge is -2.12. The van der Waals surface area contributed by atoms with E-state index in [-0.39, 0.29) is 6.42 Å². The number of aryl methyl sites for hydroxylation is 1. The first-order valence-electron chi connectivity index (χ1n) is 7.31. The summed E-state index contributed by atoms with van der Waals surface area (Å²) >= 11 is 0. The third kappa shape index (κ3) is 5.14. The molecule has 23 heavy (non-hydrogen) atoms. The molecule has 0 aromatic heterocycles. The Kier molecular flexibility index (Phi) is 5.74. The summed E-state index contributed by atoms with van der Waals surface area (Å²) in [4.78, 5) is 21.3. The van der Waals surface area contributed by atoms with Gasteiger partial charge in [0.1, 0.15) is 5.75 Å². The normalized spacial score (nSPS) is 10.3. The minimum absolute atomic E-state index is 0.123. The molecule has 0 saturated heterocycles. The highest BCUT2D eigenvalue weighted by molar-refractivity contribution is 5.73. The van der Waals surface area contributed by atoms with Crippen molar-refractivity contribution in [3.05, 3.63) is 54.1 Å². The third-order valence-electron chi connectivity index (χ3n) is 3.34. The van der Waals surface area contributed by atoms with Crippen molar-refractivity contribution in [2.45, 2.75) is 19.3 Å². The zero-order valence-corrected chi connectivity index (χ0v) is 12.6. The molecule has 2 aromatic rings. The van der Waals surface area contributed by atoms with Crippen LogP contribution < -0.4 is 4.74 Å². The predicted octanol–water partition coefficient (Wildman–Crippen LogP) is 3.22. The average Bonchev–Trinajstić information content (AvgIpc) is 2.54. The van der Waals surface area contributed by atoms with Crippen LogP contribution in [0.2, 0.25) is 0 Å². The minimum atomic E-state index is -1.03. The van der Waals surface area contributed by atoms with Crippen LogP contribution in [0.25, 0.3) is 11.1 Å². The van der Waals surface area contributed by atoms with E-state index < -0.39 is 18.5 Å². The van der Waals surface area contributed by atoms with E-state index in [2.05, 4.69) is 0 Å². The Bertz CT molecular complexity index is 679. The number of ether oxygens (including phenoxy) is 1. The number of hydrogen-bond acceptors (Lipinski definition) is 3. The second-order valence-electron chi connectivity index (χ2n) is 5.13. The van der Waals surface area contributed by atoms with Crippen LogP contribution in [0.3, 0.4) is 0 Å². The molecule has 120 valence electrons. The maximum atomic E-state index is 10.7. The Morgan fingerprint density at radius 1 is 0.957 bits per heavy atom. The maximum absolute atomic E-state index is 10.7. The molecule has 2 N–H and O–H groups in total. The van der Waals surface area contributed by atoms with E-state index in [0.717, 1.165) is 16.7 Å². The largest absolute Gasteiger partial charge is 0.481 e. The fourth-order valence-electron chi connectivity index (χ4n) is 2.29. The summed E-state index contributed by atoms with van der Waals surface area (Å²) in [7, 11) is 0. The lowest BCUT2D eigenvalue weighted by atomic mass is 9.99. The first kappa shape index (κ1) is 16.5. The van der Waals surface area contributed by atoms with Gasteiger partial charge < -0.3 is 14.9 Å². The quantitative estimate of drug-likeness (QED) is 0.781. The molecule has 0 bridgehead atoms. The van der Waals surface area contributed by atoms with Gasteiger partial charge in [-0.05, 0) is 36.1 Å². The van der Waals surface area contributed by atoms with Crippen LogP contribution in [0.1, 0.15) is 18.4 Å². The van der Waals surface area contributed by atoms with E-state index in [0.29, 0.717) is 18.6 Å². The second kappa shape index (κ2) is 7.98. The summed E-state index contributed by atoms with van der Waals surface area (Å²) in [6, 6.07) is 15.0. The highest BCUT2D eigenvalue weighted by Gasteiger charge is 2.10.